The highest BCUT2D eigenvalue weighted by Crippen LogP contribution is 2.10. The van der Waals surface area contributed by atoms with E-state index in [4.69, 9.17) is 4.74 Å². The number of imidazole rings is 1. The molecule has 0 radical (unpaired) electrons. The van der Waals surface area contributed by atoms with Crippen molar-refractivity contribution in [1.82, 2.24) is 24.0 Å². The number of hydrogen-bond donors (Lipinski definition) is 1. The Morgan fingerprint density at radius 1 is 1.19 bits per heavy atom. The zero-order valence-corrected chi connectivity index (χ0v) is 18.2. The van der Waals surface area contributed by atoms with Gasteiger partial charge in [0, 0.05) is 19.7 Å². The molecule has 2 aromatic heterocycles. The van der Waals surface area contributed by atoms with Crippen molar-refractivity contribution in [2.24, 2.45) is 0 Å². The molecule has 0 saturated heterocycles. The van der Waals surface area contributed by atoms with Crippen molar-refractivity contribution in [1.29, 1.82) is 0 Å². The molecule has 1 unspecified atom stereocenters. The van der Waals surface area contributed by atoms with Gasteiger partial charge in [-0.15, -0.1) is 0 Å². The summed E-state index contributed by atoms with van der Waals surface area (Å²) in [5.41, 5.74) is 0.379. The first-order chi connectivity index (χ1) is 15.0. The summed E-state index contributed by atoms with van der Waals surface area (Å²) in [5, 5.41) is 2.85. The van der Waals surface area contributed by atoms with Gasteiger partial charge in [-0.1, -0.05) is 43.7 Å². The SMILES string of the molecule is CCCC(C)NC(=O)Cn1c(=O)c2c(ncn2CCOC)n(Cc2ccccc2)c1=O. The number of methoxy groups -OCH3 is 1. The number of amides is 1. The van der Waals surface area contributed by atoms with E-state index in [1.54, 1.807) is 11.7 Å². The van der Waals surface area contributed by atoms with Crippen LogP contribution in [0.1, 0.15) is 32.3 Å². The minimum Gasteiger partial charge on any atom is -0.383 e. The zero-order valence-electron chi connectivity index (χ0n) is 18.2. The number of benzene rings is 1. The van der Waals surface area contributed by atoms with Crippen LogP contribution in [-0.4, -0.2) is 44.4 Å². The molecule has 0 bridgehead atoms. The van der Waals surface area contributed by atoms with Gasteiger partial charge in [0.25, 0.3) is 5.56 Å². The van der Waals surface area contributed by atoms with Crippen molar-refractivity contribution in [3.05, 3.63) is 63.1 Å². The van der Waals surface area contributed by atoms with Crippen LogP contribution in [0.2, 0.25) is 0 Å². The predicted molar refractivity (Wildman–Crippen MR) is 118 cm³/mol. The van der Waals surface area contributed by atoms with Crippen molar-refractivity contribution in [2.45, 2.75) is 52.4 Å². The standard InChI is InChI=1S/C22H29N5O4/c1-4-8-16(2)24-18(28)14-27-21(29)19-20(23-15-25(19)11-12-31-3)26(22(27)30)13-17-9-6-5-7-10-17/h5-7,9-10,15-16H,4,8,11-14H2,1-3H3,(H,24,28). The number of aromatic nitrogens is 4. The number of carbonyl (C=O) groups excluding carboxylic acids is 1. The highest BCUT2D eigenvalue weighted by atomic mass is 16.5. The maximum Gasteiger partial charge on any atom is 0.333 e. The molecule has 0 spiro atoms. The number of hydrogen-bond acceptors (Lipinski definition) is 5. The van der Waals surface area contributed by atoms with E-state index in [2.05, 4.69) is 10.3 Å². The Labute approximate surface area is 180 Å². The number of carbonyl (C=O) groups is 1. The summed E-state index contributed by atoms with van der Waals surface area (Å²) < 4.78 is 9.22. The van der Waals surface area contributed by atoms with Gasteiger partial charge in [0.15, 0.2) is 11.2 Å². The normalized spacial score (nSPS) is 12.2. The van der Waals surface area contributed by atoms with Gasteiger partial charge in [0.1, 0.15) is 6.54 Å². The Balaban J connectivity index is 2.08. The van der Waals surface area contributed by atoms with Crippen molar-refractivity contribution in [2.75, 3.05) is 13.7 Å². The Bertz CT molecular complexity index is 1150. The van der Waals surface area contributed by atoms with Crippen LogP contribution in [0.5, 0.6) is 0 Å². The molecule has 31 heavy (non-hydrogen) atoms. The number of ether oxygens (including phenoxy) is 1. The van der Waals surface area contributed by atoms with Gasteiger partial charge in [0.05, 0.1) is 19.5 Å². The first kappa shape index (κ1) is 22.5. The Kier molecular flexibility index (Phi) is 7.41. The van der Waals surface area contributed by atoms with Crippen LogP contribution in [0.25, 0.3) is 11.2 Å². The second-order valence-corrected chi connectivity index (χ2v) is 7.61. The number of fused-ring (bicyclic) bond motifs is 1. The number of rotatable bonds is 10. The second kappa shape index (κ2) is 10.2. The van der Waals surface area contributed by atoms with Gasteiger partial charge in [0.2, 0.25) is 5.91 Å². The van der Waals surface area contributed by atoms with Crippen LogP contribution < -0.4 is 16.6 Å². The lowest BCUT2D eigenvalue weighted by Crippen LogP contribution is -2.45. The van der Waals surface area contributed by atoms with Crippen molar-refractivity contribution < 1.29 is 9.53 Å². The molecule has 9 nitrogen and oxygen atoms in total. The summed E-state index contributed by atoms with van der Waals surface area (Å²) in [5.74, 6) is -0.367. The van der Waals surface area contributed by atoms with E-state index in [0.717, 1.165) is 23.0 Å². The maximum atomic E-state index is 13.3. The number of nitrogens with zero attached hydrogens (tertiary/aromatic N) is 4. The summed E-state index contributed by atoms with van der Waals surface area (Å²) in [4.78, 5) is 43.3. The van der Waals surface area contributed by atoms with Crippen molar-refractivity contribution in [3.63, 3.8) is 0 Å². The largest absolute Gasteiger partial charge is 0.383 e. The molecule has 3 rings (SSSR count). The summed E-state index contributed by atoms with van der Waals surface area (Å²) in [6.07, 6.45) is 3.28. The van der Waals surface area contributed by atoms with E-state index < -0.39 is 11.2 Å². The van der Waals surface area contributed by atoms with Crippen molar-refractivity contribution >= 4 is 17.1 Å². The lowest BCUT2D eigenvalue weighted by molar-refractivity contribution is -0.122. The van der Waals surface area contributed by atoms with Gasteiger partial charge < -0.3 is 14.6 Å². The highest BCUT2D eigenvalue weighted by Gasteiger charge is 2.20. The first-order valence-corrected chi connectivity index (χ1v) is 10.5. The quantitative estimate of drug-likeness (QED) is 0.527. The topological polar surface area (TPSA) is 100 Å². The smallest absolute Gasteiger partial charge is 0.333 e. The molecule has 9 heteroatoms. The fourth-order valence-corrected chi connectivity index (χ4v) is 3.62. The van der Waals surface area contributed by atoms with Crippen LogP contribution in [-0.2, 0) is 29.2 Å². The van der Waals surface area contributed by atoms with E-state index in [9.17, 15) is 14.4 Å². The van der Waals surface area contributed by atoms with Gasteiger partial charge in [-0.3, -0.25) is 14.2 Å². The van der Waals surface area contributed by atoms with Crippen LogP contribution in [0.15, 0.2) is 46.2 Å². The summed E-state index contributed by atoms with van der Waals surface area (Å²) in [7, 11) is 1.57. The minimum absolute atomic E-state index is 0.0318. The molecule has 2 heterocycles. The summed E-state index contributed by atoms with van der Waals surface area (Å²) in [6, 6.07) is 9.42. The van der Waals surface area contributed by atoms with Gasteiger partial charge >= 0.3 is 5.69 Å². The third-order valence-corrected chi connectivity index (χ3v) is 5.13. The first-order valence-electron chi connectivity index (χ1n) is 10.5. The molecule has 0 aliphatic rings. The molecule has 1 N–H and O–H groups in total. The molecule has 0 saturated carbocycles. The van der Waals surface area contributed by atoms with E-state index >= 15 is 0 Å². The van der Waals surface area contributed by atoms with Crippen LogP contribution in [0.4, 0.5) is 0 Å². The second-order valence-electron chi connectivity index (χ2n) is 7.61. The van der Waals surface area contributed by atoms with E-state index in [0.29, 0.717) is 18.8 Å². The Morgan fingerprint density at radius 2 is 1.94 bits per heavy atom. The minimum atomic E-state index is -0.559. The van der Waals surface area contributed by atoms with E-state index in [1.165, 1.54) is 10.9 Å². The Hall–Kier alpha value is -3.20. The van der Waals surface area contributed by atoms with E-state index in [-0.39, 0.29) is 30.6 Å². The number of nitrogens with one attached hydrogen (secondary N) is 1. The molecule has 0 fully saturated rings. The third-order valence-electron chi connectivity index (χ3n) is 5.13. The zero-order chi connectivity index (χ0) is 22.4. The molecular weight excluding hydrogens is 398 g/mol. The lowest BCUT2D eigenvalue weighted by Gasteiger charge is -2.15. The van der Waals surface area contributed by atoms with Gasteiger partial charge in [-0.25, -0.2) is 14.3 Å². The third kappa shape index (κ3) is 5.11. The highest BCUT2D eigenvalue weighted by molar-refractivity contribution is 5.77. The van der Waals surface area contributed by atoms with Crippen LogP contribution >= 0.6 is 0 Å². The molecule has 1 amide bonds. The van der Waals surface area contributed by atoms with Crippen LogP contribution in [0, 0.1) is 0 Å². The molecule has 1 atom stereocenters. The van der Waals surface area contributed by atoms with Gasteiger partial charge in [-0.05, 0) is 18.9 Å². The predicted octanol–water partition coefficient (Wildman–Crippen LogP) is 1.36. The summed E-state index contributed by atoms with van der Waals surface area (Å²) >= 11 is 0. The monoisotopic (exact) mass is 427 g/mol. The molecular formula is C22H29N5O4. The van der Waals surface area contributed by atoms with Crippen molar-refractivity contribution in [3.8, 4) is 0 Å². The average molecular weight is 428 g/mol. The molecule has 1 aromatic carbocycles. The Morgan fingerprint density at radius 3 is 2.61 bits per heavy atom. The maximum absolute atomic E-state index is 13.3. The fraction of sp³-hybridized carbons (Fsp3) is 0.455. The molecule has 0 aliphatic carbocycles. The fourth-order valence-electron chi connectivity index (χ4n) is 3.62. The molecule has 166 valence electrons. The van der Waals surface area contributed by atoms with Gasteiger partial charge in [-0.2, -0.15) is 0 Å². The summed E-state index contributed by atoms with van der Waals surface area (Å²) in [6.45, 7) is 4.63. The lowest BCUT2D eigenvalue weighted by atomic mass is 10.2. The molecule has 3 aromatic rings. The molecule has 0 aliphatic heterocycles. The van der Waals surface area contributed by atoms with Crippen LogP contribution in [0.3, 0.4) is 0 Å². The van der Waals surface area contributed by atoms with E-state index in [1.807, 2.05) is 44.2 Å². The average Bonchev–Trinajstić information content (AvgIpc) is 3.17.